The molecule has 1 unspecified atom stereocenters. The Morgan fingerprint density at radius 1 is 1.05 bits per heavy atom. The van der Waals surface area contributed by atoms with E-state index >= 15 is 0 Å². The van der Waals surface area contributed by atoms with Crippen molar-refractivity contribution in [1.29, 1.82) is 0 Å². The molecule has 0 radical (unpaired) electrons. The molecule has 4 aromatic rings. The molecule has 42 heavy (non-hydrogen) atoms. The zero-order valence-corrected chi connectivity index (χ0v) is 24.8. The van der Waals surface area contributed by atoms with Crippen molar-refractivity contribution in [3.05, 3.63) is 42.1 Å². The zero-order chi connectivity index (χ0) is 28.3. The Morgan fingerprint density at radius 2 is 1.88 bits per heavy atom. The molecule has 8 heteroatoms. The Hall–Kier alpha value is -3.39. The van der Waals surface area contributed by atoms with E-state index in [1.165, 1.54) is 25.7 Å². The van der Waals surface area contributed by atoms with Gasteiger partial charge in [0.2, 0.25) is 0 Å². The minimum atomic E-state index is -0.0641. The SMILES string of the molecule is COc1cc(C(=O)N2C[C@H]3CC4C[C@@H]2[C@H]43)cc2nc(-c3cc4cccnc4n3CC3CC3)n(C[C@H]3C[C@](C)(OC)C3)c12. The summed E-state index contributed by atoms with van der Waals surface area (Å²) < 4.78 is 16.6. The number of carbonyl (C=O) groups is 1. The molecule has 4 atom stereocenters. The van der Waals surface area contributed by atoms with E-state index in [1.54, 1.807) is 7.11 Å². The normalized spacial score (nSPS) is 31.1. The molecule has 5 aliphatic rings. The van der Waals surface area contributed by atoms with E-state index in [0.29, 0.717) is 29.4 Å². The first-order valence-corrected chi connectivity index (χ1v) is 15.8. The number of methoxy groups -OCH3 is 2. The third kappa shape index (κ3) is 3.60. The van der Waals surface area contributed by atoms with Crippen LogP contribution in [0, 0.1) is 29.6 Å². The summed E-state index contributed by atoms with van der Waals surface area (Å²) in [6, 6.07) is 10.8. The van der Waals surface area contributed by atoms with E-state index in [-0.39, 0.29) is 11.5 Å². The highest BCUT2D eigenvalue weighted by atomic mass is 16.5. The van der Waals surface area contributed by atoms with Crippen molar-refractivity contribution in [2.75, 3.05) is 20.8 Å². The van der Waals surface area contributed by atoms with Gasteiger partial charge in [-0.3, -0.25) is 4.79 Å². The largest absolute Gasteiger partial charge is 0.494 e. The number of aromatic nitrogens is 4. The quantitative estimate of drug-likeness (QED) is 0.271. The van der Waals surface area contributed by atoms with Crippen molar-refractivity contribution < 1.29 is 14.3 Å². The van der Waals surface area contributed by atoms with Gasteiger partial charge < -0.3 is 23.5 Å². The average Bonchev–Trinajstić information content (AvgIpc) is 3.62. The highest BCUT2D eigenvalue weighted by molar-refractivity contribution is 6.00. The number of ether oxygens (including phenoxy) is 2. The van der Waals surface area contributed by atoms with Gasteiger partial charge in [0.05, 0.1) is 23.9 Å². The van der Waals surface area contributed by atoms with Gasteiger partial charge in [-0.2, -0.15) is 0 Å². The van der Waals surface area contributed by atoms with E-state index in [1.807, 2.05) is 31.5 Å². The van der Waals surface area contributed by atoms with Gasteiger partial charge in [-0.05, 0) is 105 Å². The maximum atomic E-state index is 13.9. The summed E-state index contributed by atoms with van der Waals surface area (Å²) in [6.07, 6.45) is 8.90. The highest BCUT2D eigenvalue weighted by Crippen LogP contribution is 2.61. The van der Waals surface area contributed by atoms with E-state index in [9.17, 15) is 4.79 Å². The second-order valence-electron chi connectivity index (χ2n) is 14.1. The third-order valence-corrected chi connectivity index (χ3v) is 11.4. The van der Waals surface area contributed by atoms with Crippen LogP contribution in [0.15, 0.2) is 36.5 Å². The van der Waals surface area contributed by atoms with Crippen molar-refractivity contribution in [3.63, 3.8) is 0 Å². The van der Waals surface area contributed by atoms with Crippen molar-refractivity contribution in [1.82, 2.24) is 24.0 Å². The summed E-state index contributed by atoms with van der Waals surface area (Å²) in [7, 11) is 3.53. The zero-order valence-electron chi connectivity index (χ0n) is 24.8. The average molecular weight is 566 g/mol. The second kappa shape index (κ2) is 8.82. The number of benzene rings is 1. The highest BCUT2D eigenvalue weighted by Gasteiger charge is 2.61. The predicted molar refractivity (Wildman–Crippen MR) is 160 cm³/mol. The number of nitrogens with zero attached hydrogens (tertiary/aromatic N) is 5. The number of carbonyl (C=O) groups excluding carboxylic acids is 1. The summed E-state index contributed by atoms with van der Waals surface area (Å²) in [5, 5.41) is 1.13. The van der Waals surface area contributed by atoms with E-state index in [0.717, 1.165) is 83.6 Å². The number of pyridine rings is 1. The van der Waals surface area contributed by atoms with Gasteiger partial charge in [-0.25, -0.2) is 9.97 Å². The van der Waals surface area contributed by atoms with Crippen molar-refractivity contribution in [2.45, 2.75) is 70.2 Å². The smallest absolute Gasteiger partial charge is 0.254 e. The molecule has 0 N–H and O–H groups in total. The maximum Gasteiger partial charge on any atom is 0.254 e. The Balaban J connectivity index is 1.18. The molecule has 0 spiro atoms. The molecule has 9 rings (SSSR count). The first-order valence-electron chi connectivity index (χ1n) is 15.8. The molecule has 8 nitrogen and oxygen atoms in total. The predicted octanol–water partition coefficient (Wildman–Crippen LogP) is 5.77. The number of amides is 1. The van der Waals surface area contributed by atoms with Gasteiger partial charge in [-0.15, -0.1) is 0 Å². The first-order chi connectivity index (χ1) is 20.4. The molecule has 4 aliphatic carbocycles. The molecule has 1 saturated heterocycles. The lowest BCUT2D eigenvalue weighted by molar-refractivity contribution is -0.0937. The van der Waals surface area contributed by atoms with Crippen LogP contribution in [0.3, 0.4) is 0 Å². The van der Waals surface area contributed by atoms with Gasteiger partial charge in [0.15, 0.2) is 5.82 Å². The van der Waals surface area contributed by atoms with Crippen molar-refractivity contribution in [2.24, 2.45) is 29.6 Å². The molecule has 0 bridgehead atoms. The minimum absolute atomic E-state index is 0.0641. The van der Waals surface area contributed by atoms with Crippen LogP contribution >= 0.6 is 0 Å². The Morgan fingerprint density at radius 3 is 2.62 bits per heavy atom. The fourth-order valence-corrected chi connectivity index (χ4v) is 8.98. The Labute approximate surface area is 246 Å². The van der Waals surface area contributed by atoms with E-state index in [2.05, 4.69) is 33.1 Å². The lowest BCUT2D eigenvalue weighted by atomic mass is 9.53. The van der Waals surface area contributed by atoms with Crippen LogP contribution in [0.25, 0.3) is 33.6 Å². The van der Waals surface area contributed by atoms with Gasteiger partial charge in [-0.1, -0.05) is 0 Å². The molecule has 4 heterocycles. The number of hydrogen-bond acceptors (Lipinski definition) is 5. The minimum Gasteiger partial charge on any atom is -0.494 e. The molecular weight excluding hydrogens is 526 g/mol. The van der Waals surface area contributed by atoms with Crippen LogP contribution in [0.1, 0.15) is 55.8 Å². The number of fused-ring (bicyclic) bond motifs is 2. The molecule has 1 aromatic carbocycles. The standard InChI is InChI=1S/C34H39N5O3/c1-34(42-3)14-20(15-34)17-39-30-25(36-32(39)27-11-21-5-4-8-35-31(21)37(27)16-19-6-7-19)10-23(13-28(30)41-2)33(40)38-18-24-9-22-12-26(38)29(22)24/h4-5,8,10-11,13,19-20,22,24,26,29H,6-7,9,12,14-18H2,1-3H3/t20-,22?,24-,26-,29-,34-/m1/s1. The molecule has 1 aliphatic heterocycles. The summed E-state index contributed by atoms with van der Waals surface area (Å²) in [4.78, 5) is 26.2. The number of imidazole rings is 1. The Bertz CT molecular complexity index is 1740. The van der Waals surface area contributed by atoms with Gasteiger partial charge in [0.1, 0.15) is 16.9 Å². The van der Waals surface area contributed by atoms with Crippen LogP contribution in [0.4, 0.5) is 0 Å². The van der Waals surface area contributed by atoms with Gasteiger partial charge in [0, 0.05) is 49.9 Å². The monoisotopic (exact) mass is 565 g/mol. The van der Waals surface area contributed by atoms with Crippen molar-refractivity contribution in [3.8, 4) is 17.3 Å². The lowest BCUT2D eigenvalue weighted by Crippen LogP contribution is -2.53. The summed E-state index contributed by atoms with van der Waals surface area (Å²) in [5.74, 6) is 5.25. The topological polar surface area (TPSA) is 74.4 Å². The van der Waals surface area contributed by atoms with Crippen LogP contribution in [0.5, 0.6) is 5.75 Å². The van der Waals surface area contributed by atoms with Crippen LogP contribution in [0.2, 0.25) is 0 Å². The molecule has 3 aromatic heterocycles. The number of rotatable bonds is 8. The van der Waals surface area contributed by atoms with Crippen LogP contribution in [-0.4, -0.2) is 62.3 Å². The number of hydrogen-bond donors (Lipinski definition) is 0. The van der Waals surface area contributed by atoms with Crippen LogP contribution < -0.4 is 4.74 Å². The molecule has 5 fully saturated rings. The van der Waals surface area contributed by atoms with Crippen LogP contribution in [-0.2, 0) is 17.8 Å². The second-order valence-corrected chi connectivity index (χ2v) is 14.1. The molecular formula is C34H39N5O3. The molecule has 218 valence electrons. The van der Waals surface area contributed by atoms with E-state index in [4.69, 9.17) is 19.4 Å². The Kier molecular flexibility index (Phi) is 5.28. The summed E-state index contributed by atoms with van der Waals surface area (Å²) in [5.41, 5.74) is 4.52. The van der Waals surface area contributed by atoms with Gasteiger partial charge >= 0.3 is 0 Å². The molecule has 1 amide bonds. The number of likely N-dealkylation sites (tertiary alicyclic amines) is 1. The fraction of sp³-hybridized carbons (Fsp3) is 0.559. The molecule has 4 saturated carbocycles. The fourth-order valence-electron chi connectivity index (χ4n) is 8.98. The van der Waals surface area contributed by atoms with Gasteiger partial charge in [0.25, 0.3) is 5.91 Å². The van der Waals surface area contributed by atoms with Crippen molar-refractivity contribution >= 4 is 28.0 Å². The maximum absolute atomic E-state index is 13.9. The summed E-state index contributed by atoms with van der Waals surface area (Å²) >= 11 is 0. The lowest BCUT2D eigenvalue weighted by Gasteiger charge is -2.52. The third-order valence-electron chi connectivity index (χ3n) is 11.4. The summed E-state index contributed by atoms with van der Waals surface area (Å²) in [6.45, 7) is 4.87. The van der Waals surface area contributed by atoms with E-state index < -0.39 is 0 Å². The first kappa shape index (κ1) is 25.1.